The molecule has 0 aliphatic carbocycles. The Balaban J connectivity index is 2.47. The molecule has 1 aromatic heterocycles. The van der Waals surface area contributed by atoms with E-state index in [9.17, 15) is 4.79 Å². The summed E-state index contributed by atoms with van der Waals surface area (Å²) in [6.45, 7) is 1.34. The van der Waals surface area contributed by atoms with E-state index in [0.717, 1.165) is 6.42 Å². The first kappa shape index (κ1) is 11.4. The van der Waals surface area contributed by atoms with E-state index in [1.807, 2.05) is 0 Å². The number of carbonyl (C=O) groups is 1. The van der Waals surface area contributed by atoms with Gasteiger partial charge in [-0.3, -0.25) is 0 Å². The third kappa shape index (κ3) is 3.90. The van der Waals surface area contributed by atoms with Crippen LogP contribution in [0.15, 0.2) is 12.4 Å². The van der Waals surface area contributed by atoms with Crippen LogP contribution in [0.2, 0.25) is 0 Å². The molecule has 0 saturated carbocycles. The van der Waals surface area contributed by atoms with Crippen LogP contribution in [0.3, 0.4) is 0 Å². The maximum absolute atomic E-state index is 10.6. The molecule has 82 valence electrons. The van der Waals surface area contributed by atoms with E-state index in [0.29, 0.717) is 19.0 Å². The van der Waals surface area contributed by atoms with Gasteiger partial charge in [0, 0.05) is 26.3 Å². The Hall–Kier alpha value is -1.69. The number of nitrogens with zero attached hydrogens (tertiary/aromatic N) is 2. The molecule has 1 heterocycles. The average molecular weight is 211 g/mol. The zero-order valence-corrected chi connectivity index (χ0v) is 8.43. The molecule has 6 nitrogen and oxygen atoms in total. The highest BCUT2D eigenvalue weighted by Crippen LogP contribution is 2.03. The molecule has 0 aliphatic rings. The van der Waals surface area contributed by atoms with Crippen LogP contribution in [0.1, 0.15) is 16.9 Å². The van der Waals surface area contributed by atoms with E-state index < -0.39 is 5.97 Å². The molecule has 6 heteroatoms. The minimum Gasteiger partial charge on any atom is -0.477 e. The fourth-order valence-corrected chi connectivity index (χ4v) is 1.00. The van der Waals surface area contributed by atoms with Crippen LogP contribution < -0.4 is 5.32 Å². The highest BCUT2D eigenvalue weighted by Gasteiger charge is 2.04. The maximum Gasteiger partial charge on any atom is 0.354 e. The van der Waals surface area contributed by atoms with Crippen LogP contribution >= 0.6 is 0 Å². The van der Waals surface area contributed by atoms with E-state index in [2.05, 4.69) is 15.3 Å². The van der Waals surface area contributed by atoms with Crippen molar-refractivity contribution in [3.63, 3.8) is 0 Å². The van der Waals surface area contributed by atoms with Crippen LogP contribution in [-0.4, -0.2) is 41.3 Å². The first-order chi connectivity index (χ1) is 7.24. The van der Waals surface area contributed by atoms with Crippen molar-refractivity contribution >= 4 is 11.8 Å². The van der Waals surface area contributed by atoms with Crippen molar-refractivity contribution in [2.75, 3.05) is 25.6 Å². The van der Waals surface area contributed by atoms with Gasteiger partial charge in [0.05, 0.1) is 0 Å². The number of aromatic carboxylic acids is 1. The van der Waals surface area contributed by atoms with Gasteiger partial charge in [-0.1, -0.05) is 0 Å². The fourth-order valence-electron chi connectivity index (χ4n) is 1.00. The number of hydrogen-bond donors (Lipinski definition) is 2. The highest BCUT2D eigenvalue weighted by atomic mass is 16.5. The molecule has 1 rings (SSSR count). The Morgan fingerprint density at radius 2 is 2.40 bits per heavy atom. The Morgan fingerprint density at radius 3 is 3.07 bits per heavy atom. The Morgan fingerprint density at radius 1 is 1.60 bits per heavy atom. The highest BCUT2D eigenvalue weighted by molar-refractivity contribution is 5.85. The molecule has 0 unspecified atom stereocenters. The van der Waals surface area contributed by atoms with Gasteiger partial charge in [0.2, 0.25) is 0 Å². The summed E-state index contributed by atoms with van der Waals surface area (Å²) in [5, 5.41) is 11.7. The summed E-state index contributed by atoms with van der Waals surface area (Å²) >= 11 is 0. The molecular formula is C9H13N3O3. The van der Waals surface area contributed by atoms with Gasteiger partial charge < -0.3 is 15.2 Å². The lowest BCUT2D eigenvalue weighted by Crippen LogP contribution is -2.08. The van der Waals surface area contributed by atoms with Gasteiger partial charge in [0.15, 0.2) is 5.69 Å². The molecular weight excluding hydrogens is 198 g/mol. The van der Waals surface area contributed by atoms with Crippen molar-refractivity contribution in [3.8, 4) is 0 Å². The minimum atomic E-state index is -1.06. The molecule has 1 aromatic rings. The Kier molecular flexibility index (Phi) is 4.49. The van der Waals surface area contributed by atoms with Crippen LogP contribution in [0, 0.1) is 0 Å². The third-order valence-corrected chi connectivity index (χ3v) is 1.72. The molecule has 0 spiro atoms. The lowest BCUT2D eigenvalue weighted by Gasteiger charge is -2.04. The fraction of sp³-hybridized carbons (Fsp3) is 0.444. The van der Waals surface area contributed by atoms with Crippen molar-refractivity contribution in [3.05, 3.63) is 18.1 Å². The summed E-state index contributed by atoms with van der Waals surface area (Å²) in [6, 6.07) is 1.40. The molecule has 0 aromatic carbocycles. The molecule has 0 atom stereocenters. The maximum atomic E-state index is 10.6. The molecule has 2 N–H and O–H groups in total. The van der Waals surface area contributed by atoms with Gasteiger partial charge >= 0.3 is 5.97 Å². The van der Waals surface area contributed by atoms with Gasteiger partial charge in [-0.15, -0.1) is 0 Å². The number of hydrogen-bond acceptors (Lipinski definition) is 5. The van der Waals surface area contributed by atoms with Crippen LogP contribution in [0.5, 0.6) is 0 Å². The molecule has 0 radical (unpaired) electrons. The normalized spacial score (nSPS) is 9.93. The van der Waals surface area contributed by atoms with E-state index in [1.165, 1.54) is 12.4 Å². The van der Waals surface area contributed by atoms with Crippen molar-refractivity contribution in [2.24, 2.45) is 0 Å². The zero-order chi connectivity index (χ0) is 11.1. The molecule has 0 amide bonds. The van der Waals surface area contributed by atoms with Gasteiger partial charge in [0.1, 0.15) is 12.1 Å². The Labute approximate surface area is 87.3 Å². The predicted molar refractivity (Wildman–Crippen MR) is 54.0 cm³/mol. The number of carboxylic acids is 1. The molecule has 0 bridgehead atoms. The van der Waals surface area contributed by atoms with Crippen molar-refractivity contribution in [1.82, 2.24) is 9.97 Å². The van der Waals surface area contributed by atoms with Gasteiger partial charge in [-0.05, 0) is 6.42 Å². The van der Waals surface area contributed by atoms with Crippen molar-refractivity contribution in [1.29, 1.82) is 0 Å². The van der Waals surface area contributed by atoms with Crippen LogP contribution in [-0.2, 0) is 4.74 Å². The first-order valence-corrected chi connectivity index (χ1v) is 4.52. The minimum absolute atomic E-state index is 0.0146. The molecule has 15 heavy (non-hydrogen) atoms. The number of rotatable bonds is 6. The van der Waals surface area contributed by atoms with E-state index in [-0.39, 0.29) is 5.69 Å². The summed E-state index contributed by atoms with van der Waals surface area (Å²) in [6.07, 6.45) is 2.06. The standard InChI is InChI=1S/C9H13N3O3/c1-15-4-2-3-10-8-5-7(9(13)14)11-6-12-8/h5-6H,2-4H2,1H3,(H,13,14)(H,10,11,12). The quantitative estimate of drug-likeness (QED) is 0.671. The smallest absolute Gasteiger partial charge is 0.354 e. The number of nitrogens with one attached hydrogen (secondary N) is 1. The van der Waals surface area contributed by atoms with Gasteiger partial charge in [-0.2, -0.15) is 0 Å². The molecule has 0 aliphatic heterocycles. The lowest BCUT2D eigenvalue weighted by atomic mass is 10.4. The van der Waals surface area contributed by atoms with Crippen LogP contribution in [0.25, 0.3) is 0 Å². The summed E-state index contributed by atoms with van der Waals surface area (Å²) in [5.41, 5.74) is -0.0146. The van der Waals surface area contributed by atoms with E-state index in [1.54, 1.807) is 7.11 Å². The second-order valence-corrected chi connectivity index (χ2v) is 2.87. The van der Waals surface area contributed by atoms with Gasteiger partial charge in [-0.25, -0.2) is 14.8 Å². The number of anilines is 1. The SMILES string of the molecule is COCCCNc1cc(C(=O)O)ncn1. The first-order valence-electron chi connectivity index (χ1n) is 4.52. The third-order valence-electron chi connectivity index (χ3n) is 1.72. The van der Waals surface area contributed by atoms with Crippen LogP contribution in [0.4, 0.5) is 5.82 Å². The largest absolute Gasteiger partial charge is 0.477 e. The molecule has 0 fully saturated rings. The average Bonchev–Trinajstić information content (AvgIpc) is 2.25. The summed E-state index contributed by atoms with van der Waals surface area (Å²) in [4.78, 5) is 18.1. The zero-order valence-electron chi connectivity index (χ0n) is 8.43. The number of aromatic nitrogens is 2. The number of carboxylic acid groups (broad SMARTS) is 1. The van der Waals surface area contributed by atoms with Crippen molar-refractivity contribution in [2.45, 2.75) is 6.42 Å². The molecule has 0 saturated heterocycles. The topological polar surface area (TPSA) is 84.3 Å². The monoisotopic (exact) mass is 211 g/mol. The van der Waals surface area contributed by atoms with E-state index in [4.69, 9.17) is 9.84 Å². The number of methoxy groups -OCH3 is 1. The van der Waals surface area contributed by atoms with Crippen molar-refractivity contribution < 1.29 is 14.6 Å². The van der Waals surface area contributed by atoms with E-state index >= 15 is 0 Å². The second-order valence-electron chi connectivity index (χ2n) is 2.87. The Bertz CT molecular complexity index is 330. The summed E-state index contributed by atoms with van der Waals surface area (Å²) in [5.74, 6) is -0.546. The summed E-state index contributed by atoms with van der Waals surface area (Å²) in [7, 11) is 1.63. The summed E-state index contributed by atoms with van der Waals surface area (Å²) < 4.78 is 4.87. The number of ether oxygens (including phenoxy) is 1. The lowest BCUT2D eigenvalue weighted by molar-refractivity contribution is 0.0690. The second kappa shape index (κ2) is 5.92. The van der Waals surface area contributed by atoms with Gasteiger partial charge in [0.25, 0.3) is 0 Å². The predicted octanol–water partition coefficient (Wildman–Crippen LogP) is 0.623.